The average Bonchev–Trinajstić information content (AvgIpc) is 3.83. The average molecular weight is 720 g/mol. The van der Waals surface area contributed by atoms with E-state index < -0.39 is 0 Å². The molecule has 0 spiro atoms. The van der Waals surface area contributed by atoms with Crippen LogP contribution in [0.15, 0.2) is 205 Å². The van der Waals surface area contributed by atoms with Crippen LogP contribution < -0.4 is 4.90 Å². The molecule has 11 rings (SSSR count). The Kier molecular flexibility index (Phi) is 7.39. The number of hydrogen-bond acceptors (Lipinski definition) is 3. The van der Waals surface area contributed by atoms with E-state index in [0.29, 0.717) is 0 Å². The highest BCUT2D eigenvalue weighted by Crippen LogP contribution is 2.48. The van der Waals surface area contributed by atoms with E-state index in [-0.39, 0.29) is 0 Å². The van der Waals surface area contributed by atoms with Gasteiger partial charge in [0.2, 0.25) is 0 Å². The Hall–Kier alpha value is -6.94. The van der Waals surface area contributed by atoms with E-state index in [0.717, 1.165) is 55.7 Å². The molecule has 2 aromatic heterocycles. The van der Waals surface area contributed by atoms with E-state index in [9.17, 15) is 0 Å². The van der Waals surface area contributed by atoms with Crippen LogP contribution in [0.3, 0.4) is 0 Å². The fourth-order valence-corrected chi connectivity index (χ4v) is 9.56. The second-order valence-electron chi connectivity index (χ2n) is 14.0. The van der Waals surface area contributed by atoms with Crippen molar-refractivity contribution in [2.24, 2.45) is 0 Å². The molecular weight excluding hydrogens is 687 g/mol. The molecule has 2 nitrogen and oxygen atoms in total. The zero-order valence-corrected chi connectivity index (χ0v) is 30.6. The number of fused-ring (bicyclic) bond motifs is 7. The van der Waals surface area contributed by atoms with Crippen LogP contribution in [0.25, 0.3) is 86.3 Å². The smallest absolute Gasteiger partial charge is 0.143 e. The maximum Gasteiger partial charge on any atom is 0.143 e. The molecule has 55 heavy (non-hydrogen) atoms. The lowest BCUT2D eigenvalue weighted by atomic mass is 9.96. The molecule has 0 bridgehead atoms. The summed E-state index contributed by atoms with van der Waals surface area (Å²) in [5, 5.41) is 7.29. The summed E-state index contributed by atoms with van der Waals surface area (Å²) < 4.78 is 9.26. The second-order valence-corrected chi connectivity index (χ2v) is 15.1. The van der Waals surface area contributed by atoms with E-state index in [1.54, 1.807) is 0 Å². The van der Waals surface area contributed by atoms with Gasteiger partial charge in [-0.15, -0.1) is 11.3 Å². The first-order valence-electron chi connectivity index (χ1n) is 18.7. The highest BCUT2D eigenvalue weighted by atomic mass is 32.1. The molecule has 0 saturated carbocycles. The van der Waals surface area contributed by atoms with Crippen molar-refractivity contribution in [1.82, 2.24) is 0 Å². The largest absolute Gasteiger partial charge is 0.455 e. The summed E-state index contributed by atoms with van der Waals surface area (Å²) in [6, 6.07) is 72.2. The van der Waals surface area contributed by atoms with Gasteiger partial charge in [-0.1, -0.05) is 158 Å². The normalized spacial score (nSPS) is 11.6. The number of hydrogen-bond donors (Lipinski definition) is 0. The number of anilines is 3. The van der Waals surface area contributed by atoms with Gasteiger partial charge < -0.3 is 9.32 Å². The van der Waals surface area contributed by atoms with Crippen molar-refractivity contribution in [3.8, 4) is 33.4 Å². The van der Waals surface area contributed by atoms with Gasteiger partial charge in [-0.05, 0) is 69.9 Å². The summed E-state index contributed by atoms with van der Waals surface area (Å²) in [4.78, 5) is 2.44. The lowest BCUT2D eigenvalue weighted by molar-refractivity contribution is 0.670. The highest BCUT2D eigenvalue weighted by molar-refractivity contribution is 7.26. The molecule has 0 saturated heterocycles. The van der Waals surface area contributed by atoms with Gasteiger partial charge >= 0.3 is 0 Å². The summed E-state index contributed by atoms with van der Waals surface area (Å²) >= 11 is 1.87. The predicted octanol–water partition coefficient (Wildman–Crippen LogP) is 15.6. The Morgan fingerprint density at radius 1 is 0.382 bits per heavy atom. The van der Waals surface area contributed by atoms with Crippen LogP contribution in [0.4, 0.5) is 17.1 Å². The second kappa shape index (κ2) is 12.9. The van der Waals surface area contributed by atoms with E-state index >= 15 is 0 Å². The zero-order chi connectivity index (χ0) is 36.3. The molecule has 0 atom stereocenters. The molecular formula is C52H33NOS. The molecule has 0 aliphatic carbocycles. The third kappa shape index (κ3) is 5.24. The van der Waals surface area contributed by atoms with Crippen LogP contribution in [0, 0.1) is 0 Å². The zero-order valence-electron chi connectivity index (χ0n) is 29.8. The Morgan fingerprint density at radius 2 is 1.00 bits per heavy atom. The molecule has 0 fully saturated rings. The van der Waals surface area contributed by atoms with Crippen molar-refractivity contribution in [2.45, 2.75) is 0 Å². The summed E-state index contributed by atoms with van der Waals surface area (Å²) in [5.41, 5.74) is 11.9. The van der Waals surface area contributed by atoms with Gasteiger partial charge in [0.05, 0.1) is 11.4 Å². The summed E-state index contributed by atoms with van der Waals surface area (Å²) in [6.45, 7) is 0. The lowest BCUT2D eigenvalue weighted by Crippen LogP contribution is -2.12. The minimum absolute atomic E-state index is 0.893. The molecule has 0 radical (unpaired) electrons. The molecule has 11 aromatic rings. The topological polar surface area (TPSA) is 16.4 Å². The Bertz CT molecular complexity index is 3240. The lowest BCUT2D eigenvalue weighted by Gasteiger charge is -2.30. The first kappa shape index (κ1) is 31.6. The van der Waals surface area contributed by atoms with E-state index in [4.69, 9.17) is 4.42 Å². The summed E-state index contributed by atoms with van der Waals surface area (Å²) in [7, 11) is 0. The number of para-hydroxylation sites is 4. The van der Waals surface area contributed by atoms with Gasteiger partial charge in [0.1, 0.15) is 11.2 Å². The van der Waals surface area contributed by atoms with Crippen LogP contribution in [0.5, 0.6) is 0 Å². The fourth-order valence-electron chi connectivity index (χ4n) is 8.32. The van der Waals surface area contributed by atoms with Gasteiger partial charge in [0.25, 0.3) is 0 Å². The number of nitrogens with zero attached hydrogens (tertiary/aromatic N) is 1. The SMILES string of the molecule is c1cc(-c2cccc3c2sc2ccccc23)cc(N(c2ccccc2-c2ccc3ccccc3c2)c2ccccc2-c2cccc3c2oc2ccccc23)c1. The van der Waals surface area contributed by atoms with Gasteiger partial charge in [-0.3, -0.25) is 0 Å². The van der Waals surface area contributed by atoms with Gasteiger partial charge in [0, 0.05) is 53.3 Å². The third-order valence-corrected chi connectivity index (χ3v) is 12.1. The van der Waals surface area contributed by atoms with Crippen molar-refractivity contribution < 1.29 is 4.42 Å². The maximum absolute atomic E-state index is 6.64. The molecule has 0 unspecified atom stereocenters. The minimum atomic E-state index is 0.893. The maximum atomic E-state index is 6.64. The van der Waals surface area contributed by atoms with Crippen molar-refractivity contribution in [2.75, 3.05) is 4.90 Å². The molecule has 9 aromatic carbocycles. The van der Waals surface area contributed by atoms with Gasteiger partial charge in [-0.25, -0.2) is 0 Å². The van der Waals surface area contributed by atoms with Gasteiger partial charge in [-0.2, -0.15) is 0 Å². The minimum Gasteiger partial charge on any atom is -0.455 e. The molecule has 0 amide bonds. The molecule has 258 valence electrons. The van der Waals surface area contributed by atoms with Crippen molar-refractivity contribution >= 4 is 81.3 Å². The first-order chi connectivity index (χ1) is 27.3. The summed E-state index contributed by atoms with van der Waals surface area (Å²) in [6.07, 6.45) is 0. The molecule has 2 heterocycles. The highest BCUT2D eigenvalue weighted by Gasteiger charge is 2.23. The number of thiophene rings is 1. The van der Waals surface area contributed by atoms with Crippen molar-refractivity contribution in [3.05, 3.63) is 200 Å². The van der Waals surface area contributed by atoms with Crippen molar-refractivity contribution in [1.29, 1.82) is 0 Å². The van der Waals surface area contributed by atoms with Crippen LogP contribution in [-0.4, -0.2) is 0 Å². The standard InChI is InChI=1S/C52H33NOS/c1-2-15-35-32-37(31-30-34(35)14-1)39-18-3-7-26-47(39)53(38-17-11-16-36(33-38)40-22-12-25-46-43-21-6-10-29-50(43)55-52(40)46)48-27-8-4-19-41(48)44-23-13-24-45-42-20-5-9-28-49(42)54-51(44)45/h1-33H. The van der Waals surface area contributed by atoms with E-state index in [1.165, 1.54) is 47.6 Å². The Balaban J connectivity index is 1.16. The molecule has 0 aliphatic heterocycles. The monoisotopic (exact) mass is 719 g/mol. The van der Waals surface area contributed by atoms with Gasteiger partial charge in [0.15, 0.2) is 0 Å². The quantitative estimate of drug-likeness (QED) is 0.170. The molecule has 3 heteroatoms. The fraction of sp³-hybridized carbons (Fsp3) is 0. The van der Waals surface area contributed by atoms with Crippen LogP contribution in [0.1, 0.15) is 0 Å². The van der Waals surface area contributed by atoms with Crippen molar-refractivity contribution in [3.63, 3.8) is 0 Å². The first-order valence-corrected chi connectivity index (χ1v) is 19.5. The Labute approximate surface area is 322 Å². The van der Waals surface area contributed by atoms with E-state index in [2.05, 4.69) is 199 Å². The third-order valence-electron chi connectivity index (χ3n) is 10.9. The van der Waals surface area contributed by atoms with Crippen LogP contribution >= 0.6 is 11.3 Å². The number of benzene rings is 9. The Morgan fingerprint density at radius 3 is 1.89 bits per heavy atom. The van der Waals surface area contributed by atoms with Crippen LogP contribution in [0.2, 0.25) is 0 Å². The van der Waals surface area contributed by atoms with Crippen LogP contribution in [-0.2, 0) is 0 Å². The predicted molar refractivity (Wildman–Crippen MR) is 235 cm³/mol. The number of furan rings is 1. The summed E-state index contributed by atoms with van der Waals surface area (Å²) in [5.74, 6) is 0. The van der Waals surface area contributed by atoms with E-state index in [1.807, 2.05) is 17.4 Å². The number of rotatable bonds is 6. The molecule has 0 N–H and O–H groups in total. The molecule has 0 aliphatic rings.